The van der Waals surface area contributed by atoms with E-state index in [9.17, 15) is 0 Å². The maximum absolute atomic E-state index is 8.94. The van der Waals surface area contributed by atoms with Crippen LogP contribution in [0.1, 0.15) is 36.8 Å². The molecule has 2 aliphatic heterocycles. The highest BCUT2D eigenvalue weighted by Gasteiger charge is 2.32. The van der Waals surface area contributed by atoms with E-state index in [4.69, 9.17) is 19.8 Å². The van der Waals surface area contributed by atoms with Crippen molar-refractivity contribution in [2.45, 2.75) is 32.2 Å². The molecule has 0 amide bonds. The molecule has 4 aromatic rings. The third kappa shape index (κ3) is 5.53. The number of nitriles is 1. The van der Waals surface area contributed by atoms with E-state index in [1.165, 1.54) is 0 Å². The van der Waals surface area contributed by atoms with Gasteiger partial charge in [-0.15, -0.1) is 0 Å². The number of pyridine rings is 1. The molecule has 4 aromatic heterocycles. The van der Waals surface area contributed by atoms with E-state index in [2.05, 4.69) is 46.4 Å². The van der Waals surface area contributed by atoms with E-state index >= 15 is 0 Å². The fraction of sp³-hybridized carbons (Fsp3) is 0.407. The molecule has 6 heterocycles. The number of piperazine rings is 1. The standard InChI is InChI=1S/C27H31N11O/c1-19-16-25(34-33-19)30-24-18-26(37-14-12-36(13-15-37)10-5-8-28)32-27(31-24)38-11-4-7-22(38)23-17-21(35-39-23)20-6-2-3-9-29-20/h2-3,6,9,16-18,22H,4-5,7,10-15H2,1H3,(H2,30,31,32,33,34). The summed E-state index contributed by atoms with van der Waals surface area (Å²) in [4.78, 5) is 21.2. The van der Waals surface area contributed by atoms with Crippen LogP contribution in [0.15, 0.2) is 47.1 Å². The monoisotopic (exact) mass is 525 g/mol. The Labute approximate surface area is 226 Å². The molecule has 1 unspecified atom stereocenters. The maximum atomic E-state index is 8.94. The SMILES string of the molecule is Cc1cc(Nc2cc(N3CCN(CCC#N)CC3)nc(N3CCCC3c3cc(-c4ccccn4)no3)n2)n[nH]1. The van der Waals surface area contributed by atoms with Crippen molar-refractivity contribution >= 4 is 23.4 Å². The molecule has 0 spiro atoms. The van der Waals surface area contributed by atoms with Gasteiger partial charge >= 0.3 is 0 Å². The lowest BCUT2D eigenvalue weighted by Gasteiger charge is -2.35. The van der Waals surface area contributed by atoms with Gasteiger partial charge in [0, 0.05) is 75.8 Å². The number of hydrogen-bond donors (Lipinski definition) is 2. The van der Waals surface area contributed by atoms with Gasteiger partial charge in [0.05, 0.1) is 17.8 Å². The van der Waals surface area contributed by atoms with Crippen molar-refractivity contribution in [3.63, 3.8) is 0 Å². The molecule has 0 aliphatic carbocycles. The first-order chi connectivity index (χ1) is 19.2. The first-order valence-electron chi connectivity index (χ1n) is 13.3. The molecule has 39 heavy (non-hydrogen) atoms. The minimum absolute atomic E-state index is 0.0199. The summed E-state index contributed by atoms with van der Waals surface area (Å²) in [5.74, 6) is 3.69. The number of H-pyrrole nitrogens is 1. The van der Waals surface area contributed by atoms with Gasteiger partial charge in [0.2, 0.25) is 5.95 Å². The van der Waals surface area contributed by atoms with E-state index in [1.54, 1.807) is 6.20 Å². The third-order valence-electron chi connectivity index (χ3n) is 7.19. The predicted molar refractivity (Wildman–Crippen MR) is 147 cm³/mol. The normalized spacial score (nSPS) is 17.9. The number of aromatic amines is 1. The molecule has 2 N–H and O–H groups in total. The van der Waals surface area contributed by atoms with Crippen LogP contribution in [-0.2, 0) is 0 Å². The minimum atomic E-state index is -0.0199. The van der Waals surface area contributed by atoms with Crippen LogP contribution in [-0.4, -0.2) is 74.5 Å². The summed E-state index contributed by atoms with van der Waals surface area (Å²) in [6, 6.07) is 13.9. The molecule has 12 heteroatoms. The van der Waals surface area contributed by atoms with Crippen LogP contribution in [0.2, 0.25) is 0 Å². The molecule has 0 bridgehead atoms. The summed E-state index contributed by atoms with van der Waals surface area (Å²) in [7, 11) is 0. The van der Waals surface area contributed by atoms with Gasteiger partial charge in [0.1, 0.15) is 17.3 Å². The van der Waals surface area contributed by atoms with Gasteiger partial charge in [-0.3, -0.25) is 15.0 Å². The van der Waals surface area contributed by atoms with Crippen LogP contribution in [0.25, 0.3) is 11.4 Å². The van der Waals surface area contributed by atoms with Crippen LogP contribution < -0.4 is 15.1 Å². The van der Waals surface area contributed by atoms with Gasteiger partial charge in [-0.1, -0.05) is 11.2 Å². The Balaban J connectivity index is 1.28. The maximum Gasteiger partial charge on any atom is 0.229 e. The fourth-order valence-corrected chi connectivity index (χ4v) is 5.18. The number of nitrogens with zero attached hydrogens (tertiary/aromatic N) is 9. The first-order valence-corrected chi connectivity index (χ1v) is 13.3. The zero-order valence-corrected chi connectivity index (χ0v) is 21.9. The van der Waals surface area contributed by atoms with Crippen LogP contribution >= 0.6 is 0 Å². The van der Waals surface area contributed by atoms with Gasteiger partial charge < -0.3 is 19.6 Å². The molecular weight excluding hydrogens is 494 g/mol. The summed E-state index contributed by atoms with van der Waals surface area (Å²) < 4.78 is 5.82. The smallest absolute Gasteiger partial charge is 0.229 e. The van der Waals surface area contributed by atoms with Gasteiger partial charge in [-0.2, -0.15) is 20.3 Å². The van der Waals surface area contributed by atoms with Gasteiger partial charge in [-0.05, 0) is 31.9 Å². The molecule has 0 radical (unpaired) electrons. The Morgan fingerprint density at radius 1 is 1.08 bits per heavy atom. The summed E-state index contributed by atoms with van der Waals surface area (Å²) in [6.45, 7) is 7.04. The summed E-state index contributed by atoms with van der Waals surface area (Å²) in [5, 5.41) is 23.9. The molecule has 200 valence electrons. The molecule has 2 fully saturated rings. The zero-order valence-electron chi connectivity index (χ0n) is 21.9. The number of nitrogens with one attached hydrogen (secondary N) is 2. The largest absolute Gasteiger partial charge is 0.358 e. The van der Waals surface area contributed by atoms with E-state index in [1.807, 2.05) is 43.3 Å². The zero-order chi connectivity index (χ0) is 26.6. The van der Waals surface area contributed by atoms with Crippen LogP contribution in [0.4, 0.5) is 23.4 Å². The Bertz CT molecular complexity index is 1440. The number of hydrogen-bond acceptors (Lipinski definition) is 11. The van der Waals surface area contributed by atoms with E-state index in [0.29, 0.717) is 24.0 Å². The third-order valence-corrected chi connectivity index (χ3v) is 7.19. The van der Waals surface area contributed by atoms with Crippen molar-refractivity contribution in [1.29, 1.82) is 5.26 Å². The molecule has 12 nitrogen and oxygen atoms in total. The summed E-state index contributed by atoms with van der Waals surface area (Å²) in [5.41, 5.74) is 2.47. The van der Waals surface area contributed by atoms with Gasteiger partial charge in [-0.25, -0.2) is 0 Å². The van der Waals surface area contributed by atoms with Crippen molar-refractivity contribution in [2.24, 2.45) is 0 Å². The van der Waals surface area contributed by atoms with Gasteiger partial charge in [0.25, 0.3) is 0 Å². The Morgan fingerprint density at radius 3 is 2.74 bits per heavy atom. The quantitative estimate of drug-likeness (QED) is 0.348. The van der Waals surface area contributed by atoms with Crippen molar-refractivity contribution in [3.05, 3.63) is 54.0 Å². The predicted octanol–water partition coefficient (Wildman–Crippen LogP) is 3.68. The summed E-state index contributed by atoms with van der Waals surface area (Å²) >= 11 is 0. The second-order valence-electron chi connectivity index (χ2n) is 9.89. The second-order valence-corrected chi connectivity index (χ2v) is 9.89. The minimum Gasteiger partial charge on any atom is -0.358 e. The summed E-state index contributed by atoms with van der Waals surface area (Å²) in [6.07, 6.45) is 4.22. The highest BCUT2D eigenvalue weighted by atomic mass is 16.5. The lowest BCUT2D eigenvalue weighted by Crippen LogP contribution is -2.47. The number of aryl methyl sites for hydroxylation is 1. The molecule has 2 aliphatic rings. The molecule has 0 aromatic carbocycles. The molecule has 0 saturated carbocycles. The van der Waals surface area contributed by atoms with E-state index in [0.717, 1.165) is 80.8 Å². The van der Waals surface area contributed by atoms with Crippen molar-refractivity contribution in [3.8, 4) is 17.5 Å². The highest BCUT2D eigenvalue weighted by molar-refractivity contribution is 5.61. The van der Waals surface area contributed by atoms with Crippen molar-refractivity contribution in [2.75, 3.05) is 54.4 Å². The van der Waals surface area contributed by atoms with E-state index in [-0.39, 0.29) is 6.04 Å². The molecular formula is C27H31N11O. The number of aromatic nitrogens is 6. The van der Waals surface area contributed by atoms with Crippen molar-refractivity contribution < 1.29 is 4.52 Å². The van der Waals surface area contributed by atoms with Crippen LogP contribution in [0, 0.1) is 18.3 Å². The second kappa shape index (κ2) is 11.1. The lowest BCUT2D eigenvalue weighted by molar-refractivity contribution is 0.263. The van der Waals surface area contributed by atoms with Crippen LogP contribution in [0.5, 0.6) is 0 Å². The Morgan fingerprint density at radius 2 is 1.97 bits per heavy atom. The topological polar surface area (TPSA) is 139 Å². The molecule has 6 rings (SSSR count). The average molecular weight is 526 g/mol. The van der Waals surface area contributed by atoms with Gasteiger partial charge in [0.15, 0.2) is 11.6 Å². The van der Waals surface area contributed by atoms with E-state index < -0.39 is 0 Å². The lowest BCUT2D eigenvalue weighted by atomic mass is 10.1. The van der Waals surface area contributed by atoms with Crippen LogP contribution in [0.3, 0.4) is 0 Å². The Hall–Kier alpha value is -4.50. The molecule has 1 atom stereocenters. The first kappa shape index (κ1) is 24.8. The van der Waals surface area contributed by atoms with Crippen molar-refractivity contribution in [1.82, 2.24) is 35.2 Å². The Kier molecular flexibility index (Phi) is 7.05. The highest BCUT2D eigenvalue weighted by Crippen LogP contribution is 2.37. The number of anilines is 4. The average Bonchev–Trinajstić information content (AvgIpc) is 3.74. The molecule has 2 saturated heterocycles. The number of rotatable bonds is 8. The fourth-order valence-electron chi connectivity index (χ4n) is 5.18.